The Kier molecular flexibility index (Phi) is 3.28. The van der Waals surface area contributed by atoms with Crippen LogP contribution in [-0.2, 0) is 9.84 Å². The third-order valence-electron chi connectivity index (χ3n) is 3.11. The molecule has 0 bridgehead atoms. The van der Waals surface area contributed by atoms with E-state index in [1.54, 1.807) is 12.1 Å². The van der Waals surface area contributed by atoms with Gasteiger partial charge in [-0.2, -0.15) is 0 Å². The van der Waals surface area contributed by atoms with E-state index in [1.165, 1.54) is 25.5 Å². The van der Waals surface area contributed by atoms with Gasteiger partial charge in [-0.1, -0.05) is 0 Å². The molecule has 1 aliphatic heterocycles. The van der Waals surface area contributed by atoms with Gasteiger partial charge in [0.25, 0.3) is 0 Å². The minimum Gasteiger partial charge on any atom is -0.398 e. The number of rotatable bonds is 2. The van der Waals surface area contributed by atoms with Crippen molar-refractivity contribution in [1.82, 2.24) is 0 Å². The molecule has 0 spiro atoms. The molecule has 0 saturated carbocycles. The molecule has 17 heavy (non-hydrogen) atoms. The van der Waals surface area contributed by atoms with Crippen molar-refractivity contribution < 1.29 is 8.42 Å². The Morgan fingerprint density at radius 3 is 2.35 bits per heavy atom. The molecule has 1 saturated heterocycles. The van der Waals surface area contributed by atoms with E-state index in [-0.39, 0.29) is 4.90 Å². The number of nitrogen functional groups attached to an aromatic ring is 1. The molecular weight excluding hydrogens is 236 g/mol. The predicted octanol–water partition coefficient (Wildman–Crippen LogP) is 1.66. The van der Waals surface area contributed by atoms with Gasteiger partial charge in [-0.25, -0.2) is 8.42 Å². The fourth-order valence-corrected chi connectivity index (χ4v) is 3.02. The number of hydrogen-bond acceptors (Lipinski definition) is 4. The average Bonchev–Trinajstić information content (AvgIpc) is 2.28. The molecule has 0 radical (unpaired) electrons. The third-order valence-corrected chi connectivity index (χ3v) is 4.28. The van der Waals surface area contributed by atoms with Crippen LogP contribution in [0, 0.1) is 0 Å². The van der Waals surface area contributed by atoms with Crippen molar-refractivity contribution in [1.29, 1.82) is 0 Å². The number of nitrogens with zero attached hydrogens (tertiary/aromatic N) is 1. The van der Waals surface area contributed by atoms with Crippen molar-refractivity contribution in [3.63, 3.8) is 0 Å². The van der Waals surface area contributed by atoms with Crippen LogP contribution in [0.5, 0.6) is 0 Å². The SMILES string of the molecule is CS(=O)(=O)c1ccc(N2CCCCC2)cc1N. The van der Waals surface area contributed by atoms with Gasteiger partial charge in [-0.05, 0) is 37.5 Å². The van der Waals surface area contributed by atoms with E-state index in [0.29, 0.717) is 5.69 Å². The quantitative estimate of drug-likeness (QED) is 0.815. The van der Waals surface area contributed by atoms with Crippen LogP contribution in [0.4, 0.5) is 11.4 Å². The first-order chi connectivity index (χ1) is 7.98. The van der Waals surface area contributed by atoms with E-state index < -0.39 is 9.84 Å². The number of piperidine rings is 1. The molecule has 1 fully saturated rings. The maximum absolute atomic E-state index is 11.4. The van der Waals surface area contributed by atoms with Gasteiger partial charge >= 0.3 is 0 Å². The summed E-state index contributed by atoms with van der Waals surface area (Å²) in [5.74, 6) is 0. The standard InChI is InChI=1S/C12H18N2O2S/c1-17(15,16)12-6-5-10(9-11(12)13)14-7-3-2-4-8-14/h5-6,9H,2-4,7-8,13H2,1H3. The van der Waals surface area contributed by atoms with Gasteiger partial charge in [0.2, 0.25) is 0 Å². The second kappa shape index (κ2) is 4.56. The van der Waals surface area contributed by atoms with Crippen molar-refractivity contribution in [2.45, 2.75) is 24.2 Å². The van der Waals surface area contributed by atoms with Crippen molar-refractivity contribution in [3.8, 4) is 0 Å². The molecule has 4 nitrogen and oxygen atoms in total. The minimum absolute atomic E-state index is 0.221. The summed E-state index contributed by atoms with van der Waals surface area (Å²) < 4.78 is 22.9. The first-order valence-corrected chi connectivity index (χ1v) is 7.72. The molecule has 0 amide bonds. The highest BCUT2D eigenvalue weighted by molar-refractivity contribution is 7.90. The van der Waals surface area contributed by atoms with Crippen molar-refractivity contribution in [2.24, 2.45) is 0 Å². The Labute approximate surface area is 102 Å². The van der Waals surface area contributed by atoms with Crippen molar-refractivity contribution >= 4 is 21.2 Å². The van der Waals surface area contributed by atoms with Crippen LogP contribution in [0.3, 0.4) is 0 Å². The maximum Gasteiger partial charge on any atom is 0.177 e. The highest BCUT2D eigenvalue weighted by atomic mass is 32.2. The Bertz CT molecular complexity index is 505. The van der Waals surface area contributed by atoms with Gasteiger partial charge in [-0.3, -0.25) is 0 Å². The Balaban J connectivity index is 2.30. The van der Waals surface area contributed by atoms with Crippen LogP contribution < -0.4 is 10.6 Å². The number of sulfone groups is 1. The van der Waals surface area contributed by atoms with E-state index in [1.807, 2.05) is 6.07 Å². The zero-order valence-corrected chi connectivity index (χ0v) is 10.8. The maximum atomic E-state index is 11.4. The van der Waals surface area contributed by atoms with Gasteiger partial charge in [-0.15, -0.1) is 0 Å². The summed E-state index contributed by atoms with van der Waals surface area (Å²) >= 11 is 0. The van der Waals surface area contributed by atoms with Crippen LogP contribution in [-0.4, -0.2) is 27.8 Å². The normalized spacial score (nSPS) is 17.1. The van der Waals surface area contributed by atoms with Crippen molar-refractivity contribution in [3.05, 3.63) is 18.2 Å². The topological polar surface area (TPSA) is 63.4 Å². The number of benzene rings is 1. The smallest absolute Gasteiger partial charge is 0.177 e. The van der Waals surface area contributed by atoms with Crippen LogP contribution in [0.2, 0.25) is 0 Å². The summed E-state index contributed by atoms with van der Waals surface area (Å²) in [7, 11) is -3.22. The molecule has 0 unspecified atom stereocenters. The second-order valence-electron chi connectivity index (χ2n) is 4.54. The van der Waals surface area contributed by atoms with E-state index in [4.69, 9.17) is 5.73 Å². The summed E-state index contributed by atoms with van der Waals surface area (Å²) in [5.41, 5.74) is 7.17. The summed E-state index contributed by atoms with van der Waals surface area (Å²) in [6.07, 6.45) is 4.83. The zero-order chi connectivity index (χ0) is 12.5. The molecule has 1 heterocycles. The van der Waals surface area contributed by atoms with Crippen LogP contribution in [0.25, 0.3) is 0 Å². The van der Waals surface area contributed by atoms with E-state index >= 15 is 0 Å². The summed E-state index contributed by atoms with van der Waals surface area (Å²) in [6.45, 7) is 2.05. The molecular formula is C12H18N2O2S. The van der Waals surface area contributed by atoms with Gasteiger partial charge in [0.1, 0.15) is 0 Å². The molecule has 2 rings (SSSR count). The molecule has 0 atom stereocenters. The highest BCUT2D eigenvalue weighted by Crippen LogP contribution is 2.26. The molecule has 2 N–H and O–H groups in total. The number of hydrogen-bond donors (Lipinski definition) is 1. The van der Waals surface area contributed by atoms with Crippen LogP contribution >= 0.6 is 0 Å². The lowest BCUT2D eigenvalue weighted by atomic mass is 10.1. The summed E-state index contributed by atoms with van der Waals surface area (Å²) in [4.78, 5) is 2.48. The third kappa shape index (κ3) is 2.72. The van der Waals surface area contributed by atoms with Gasteiger partial charge in [0.15, 0.2) is 9.84 Å². The molecule has 1 aromatic rings. The van der Waals surface area contributed by atoms with Gasteiger partial charge in [0.05, 0.1) is 10.6 Å². The lowest BCUT2D eigenvalue weighted by Gasteiger charge is -2.29. The fraction of sp³-hybridized carbons (Fsp3) is 0.500. The van der Waals surface area contributed by atoms with Gasteiger partial charge < -0.3 is 10.6 Å². The average molecular weight is 254 g/mol. The van der Waals surface area contributed by atoms with Gasteiger partial charge in [0, 0.05) is 25.0 Å². The first-order valence-electron chi connectivity index (χ1n) is 5.83. The monoisotopic (exact) mass is 254 g/mol. The second-order valence-corrected chi connectivity index (χ2v) is 6.53. The lowest BCUT2D eigenvalue weighted by molar-refractivity contribution is 0.577. The summed E-state index contributed by atoms with van der Waals surface area (Å²) in [5, 5.41) is 0. The van der Waals surface area contributed by atoms with Crippen molar-refractivity contribution in [2.75, 3.05) is 30.0 Å². The molecule has 1 aromatic carbocycles. The fourth-order valence-electron chi connectivity index (χ4n) is 2.22. The number of nitrogens with two attached hydrogens (primary N) is 1. The molecule has 94 valence electrons. The van der Waals surface area contributed by atoms with E-state index in [0.717, 1.165) is 18.8 Å². The predicted molar refractivity (Wildman–Crippen MR) is 70.0 cm³/mol. The molecule has 0 aromatic heterocycles. The van der Waals surface area contributed by atoms with Crippen LogP contribution in [0.15, 0.2) is 23.1 Å². The Morgan fingerprint density at radius 1 is 1.18 bits per heavy atom. The molecule has 1 aliphatic rings. The Hall–Kier alpha value is -1.23. The van der Waals surface area contributed by atoms with Crippen LogP contribution in [0.1, 0.15) is 19.3 Å². The van der Waals surface area contributed by atoms with E-state index in [2.05, 4.69) is 4.90 Å². The van der Waals surface area contributed by atoms with E-state index in [9.17, 15) is 8.42 Å². The summed E-state index contributed by atoms with van der Waals surface area (Å²) in [6, 6.07) is 5.22. The Morgan fingerprint density at radius 2 is 1.82 bits per heavy atom. The lowest BCUT2D eigenvalue weighted by Crippen LogP contribution is -2.29. The zero-order valence-electron chi connectivity index (χ0n) is 10.0. The molecule has 5 heteroatoms. The highest BCUT2D eigenvalue weighted by Gasteiger charge is 2.15. The minimum atomic E-state index is -3.22. The number of anilines is 2. The first kappa shape index (κ1) is 12.2. The largest absolute Gasteiger partial charge is 0.398 e. The molecule has 0 aliphatic carbocycles.